The standard InChI is InChI=1S/C14H15ClF3N5/c1-8(2)6-19-12-7-20-23-13(22-12)21-11-4-3-9(15)5-10(11)14(16,17)18/h3-5,7-8H,6H2,1-2H3,(H2,19,21,22,23). The van der Waals surface area contributed by atoms with Gasteiger partial charge in [-0.1, -0.05) is 25.4 Å². The first kappa shape index (κ1) is 17.3. The highest BCUT2D eigenvalue weighted by molar-refractivity contribution is 6.30. The molecule has 0 saturated carbocycles. The van der Waals surface area contributed by atoms with Crippen LogP contribution in [0.2, 0.25) is 5.02 Å². The van der Waals surface area contributed by atoms with Crippen LogP contribution >= 0.6 is 11.6 Å². The van der Waals surface area contributed by atoms with Crippen molar-refractivity contribution in [1.82, 2.24) is 15.2 Å². The molecule has 0 aliphatic rings. The fourth-order valence-electron chi connectivity index (χ4n) is 1.73. The smallest absolute Gasteiger partial charge is 0.368 e. The number of nitrogens with zero attached hydrogens (tertiary/aromatic N) is 3. The van der Waals surface area contributed by atoms with E-state index in [-0.39, 0.29) is 16.7 Å². The summed E-state index contributed by atoms with van der Waals surface area (Å²) < 4.78 is 39.2. The van der Waals surface area contributed by atoms with Crippen LogP contribution in [0.15, 0.2) is 24.4 Å². The summed E-state index contributed by atoms with van der Waals surface area (Å²) in [7, 11) is 0. The summed E-state index contributed by atoms with van der Waals surface area (Å²) >= 11 is 5.64. The predicted octanol–water partition coefficient (Wildman–Crippen LogP) is 4.36. The predicted molar refractivity (Wildman–Crippen MR) is 82.9 cm³/mol. The first-order chi connectivity index (χ1) is 10.8. The van der Waals surface area contributed by atoms with E-state index >= 15 is 0 Å². The molecule has 9 heteroatoms. The second-order valence-corrected chi connectivity index (χ2v) is 5.69. The third-order valence-corrected chi connectivity index (χ3v) is 3.02. The van der Waals surface area contributed by atoms with Gasteiger partial charge in [-0.15, -0.1) is 5.10 Å². The molecule has 0 aliphatic heterocycles. The van der Waals surface area contributed by atoms with E-state index in [9.17, 15) is 13.2 Å². The maximum absolute atomic E-state index is 13.1. The van der Waals surface area contributed by atoms with Crippen molar-refractivity contribution in [3.63, 3.8) is 0 Å². The Bertz CT molecular complexity index is 676. The van der Waals surface area contributed by atoms with Gasteiger partial charge in [0.2, 0.25) is 5.95 Å². The maximum atomic E-state index is 13.1. The Balaban J connectivity index is 2.24. The molecule has 0 amide bonds. The number of rotatable bonds is 5. The Morgan fingerprint density at radius 3 is 2.65 bits per heavy atom. The molecule has 0 aliphatic carbocycles. The second-order valence-electron chi connectivity index (χ2n) is 5.25. The van der Waals surface area contributed by atoms with Crippen LogP contribution in [0.3, 0.4) is 0 Å². The molecule has 1 heterocycles. The minimum atomic E-state index is -4.55. The monoisotopic (exact) mass is 345 g/mol. The van der Waals surface area contributed by atoms with Crippen molar-refractivity contribution in [3.8, 4) is 0 Å². The van der Waals surface area contributed by atoms with Gasteiger partial charge in [0, 0.05) is 11.6 Å². The van der Waals surface area contributed by atoms with Crippen molar-refractivity contribution in [2.24, 2.45) is 5.92 Å². The van der Waals surface area contributed by atoms with Gasteiger partial charge in [0.05, 0.1) is 17.4 Å². The summed E-state index contributed by atoms with van der Waals surface area (Å²) in [6.45, 7) is 4.70. The van der Waals surface area contributed by atoms with Crippen LogP contribution in [0.25, 0.3) is 0 Å². The molecule has 2 N–H and O–H groups in total. The van der Waals surface area contributed by atoms with Gasteiger partial charge in [0.1, 0.15) is 0 Å². The van der Waals surface area contributed by atoms with Crippen LogP contribution in [0.4, 0.5) is 30.6 Å². The summed E-state index contributed by atoms with van der Waals surface area (Å²) in [5.41, 5.74) is -1.08. The lowest BCUT2D eigenvalue weighted by molar-refractivity contribution is -0.136. The van der Waals surface area contributed by atoms with Crippen molar-refractivity contribution in [3.05, 3.63) is 35.0 Å². The van der Waals surface area contributed by atoms with Crippen LogP contribution in [0.5, 0.6) is 0 Å². The first-order valence-electron chi connectivity index (χ1n) is 6.83. The Morgan fingerprint density at radius 2 is 2.00 bits per heavy atom. The molecule has 0 bridgehead atoms. The summed E-state index contributed by atoms with van der Waals surface area (Å²) in [6, 6.07) is 3.42. The maximum Gasteiger partial charge on any atom is 0.418 e. The number of alkyl halides is 3. The van der Waals surface area contributed by atoms with Crippen LogP contribution in [0, 0.1) is 5.92 Å². The number of aromatic nitrogens is 3. The quantitative estimate of drug-likeness (QED) is 0.843. The number of hydrogen-bond donors (Lipinski definition) is 2. The lowest BCUT2D eigenvalue weighted by atomic mass is 10.1. The van der Waals surface area contributed by atoms with Crippen LogP contribution in [-0.4, -0.2) is 21.7 Å². The van der Waals surface area contributed by atoms with Crippen LogP contribution < -0.4 is 10.6 Å². The van der Waals surface area contributed by atoms with Gasteiger partial charge in [-0.3, -0.25) is 0 Å². The third-order valence-electron chi connectivity index (χ3n) is 2.78. The van der Waals surface area contributed by atoms with Crippen molar-refractivity contribution in [2.75, 3.05) is 17.2 Å². The van der Waals surface area contributed by atoms with Crippen molar-refractivity contribution in [2.45, 2.75) is 20.0 Å². The Morgan fingerprint density at radius 1 is 1.26 bits per heavy atom. The van der Waals surface area contributed by atoms with Crippen LogP contribution in [0.1, 0.15) is 19.4 Å². The average Bonchev–Trinajstić information content (AvgIpc) is 2.46. The molecule has 1 aromatic heterocycles. The molecule has 0 atom stereocenters. The number of anilines is 3. The summed E-state index contributed by atoms with van der Waals surface area (Å²) in [4.78, 5) is 4.09. The zero-order chi connectivity index (χ0) is 17.0. The Labute approximate surface area is 136 Å². The van der Waals surface area contributed by atoms with Crippen molar-refractivity contribution < 1.29 is 13.2 Å². The molecular formula is C14H15ClF3N5. The van der Waals surface area contributed by atoms with Crippen molar-refractivity contribution in [1.29, 1.82) is 0 Å². The fourth-order valence-corrected chi connectivity index (χ4v) is 1.90. The number of nitrogens with one attached hydrogen (secondary N) is 2. The fraction of sp³-hybridized carbons (Fsp3) is 0.357. The van der Waals surface area contributed by atoms with E-state index in [1.165, 1.54) is 18.3 Å². The lowest BCUT2D eigenvalue weighted by Crippen LogP contribution is -2.12. The molecule has 1 aromatic carbocycles. The highest BCUT2D eigenvalue weighted by Gasteiger charge is 2.34. The molecule has 5 nitrogen and oxygen atoms in total. The summed E-state index contributed by atoms with van der Waals surface area (Å²) in [6.07, 6.45) is -3.14. The highest BCUT2D eigenvalue weighted by atomic mass is 35.5. The van der Waals surface area contributed by atoms with Gasteiger partial charge in [-0.25, -0.2) is 0 Å². The zero-order valence-electron chi connectivity index (χ0n) is 12.4. The second kappa shape index (κ2) is 6.99. The minimum absolute atomic E-state index is 0.00531. The molecule has 0 fully saturated rings. The molecule has 0 saturated heterocycles. The normalized spacial score (nSPS) is 11.6. The van der Waals surface area contributed by atoms with Gasteiger partial charge in [0.25, 0.3) is 0 Å². The van der Waals surface area contributed by atoms with E-state index in [1.54, 1.807) is 0 Å². The first-order valence-corrected chi connectivity index (χ1v) is 7.21. The van der Waals surface area contributed by atoms with E-state index < -0.39 is 11.7 Å². The molecule has 0 radical (unpaired) electrons. The largest absolute Gasteiger partial charge is 0.418 e. The van der Waals surface area contributed by atoms with Crippen LogP contribution in [-0.2, 0) is 6.18 Å². The molecular weight excluding hydrogens is 331 g/mol. The number of halogens is 4. The molecule has 0 spiro atoms. The molecule has 23 heavy (non-hydrogen) atoms. The van der Waals surface area contributed by atoms with E-state index in [0.29, 0.717) is 18.3 Å². The van der Waals surface area contributed by atoms with Gasteiger partial charge in [-0.2, -0.15) is 23.3 Å². The van der Waals surface area contributed by atoms with E-state index in [4.69, 9.17) is 11.6 Å². The van der Waals surface area contributed by atoms with Gasteiger partial charge < -0.3 is 10.6 Å². The average molecular weight is 346 g/mol. The van der Waals surface area contributed by atoms with E-state index in [1.807, 2.05) is 13.8 Å². The molecule has 2 aromatic rings. The van der Waals surface area contributed by atoms with Gasteiger partial charge >= 0.3 is 6.18 Å². The molecule has 124 valence electrons. The Hall–Kier alpha value is -2.09. The summed E-state index contributed by atoms with van der Waals surface area (Å²) in [5, 5.41) is 13.0. The van der Waals surface area contributed by atoms with Gasteiger partial charge in [0.15, 0.2) is 5.82 Å². The Kier molecular flexibility index (Phi) is 5.25. The topological polar surface area (TPSA) is 62.7 Å². The van der Waals surface area contributed by atoms with E-state index in [0.717, 1.165) is 6.07 Å². The van der Waals surface area contributed by atoms with E-state index in [2.05, 4.69) is 25.8 Å². The third kappa shape index (κ3) is 4.95. The van der Waals surface area contributed by atoms with Gasteiger partial charge in [-0.05, 0) is 24.1 Å². The molecule has 0 unspecified atom stereocenters. The number of hydrogen-bond acceptors (Lipinski definition) is 5. The molecule has 2 rings (SSSR count). The SMILES string of the molecule is CC(C)CNc1cnnc(Nc2ccc(Cl)cc2C(F)(F)F)n1. The minimum Gasteiger partial charge on any atom is -0.368 e. The van der Waals surface area contributed by atoms with Crippen molar-refractivity contribution >= 4 is 29.1 Å². The zero-order valence-corrected chi connectivity index (χ0v) is 13.2. The number of benzene rings is 1. The summed E-state index contributed by atoms with van der Waals surface area (Å²) in [5.74, 6) is 0.778. The highest BCUT2D eigenvalue weighted by Crippen LogP contribution is 2.37. The lowest BCUT2D eigenvalue weighted by Gasteiger charge is -2.14.